The molecule has 1 saturated carbocycles. The minimum Gasteiger partial charge on any atom is -0.507 e. The zero-order valence-electron chi connectivity index (χ0n) is 18.0. The van der Waals surface area contributed by atoms with Gasteiger partial charge in [-0.15, -0.1) is 0 Å². The molecule has 4 aromatic rings. The Bertz CT molecular complexity index is 1600. The second kappa shape index (κ2) is 8.43. The van der Waals surface area contributed by atoms with Crippen LogP contribution in [0.4, 0.5) is 0 Å². The van der Waals surface area contributed by atoms with E-state index in [9.17, 15) is 18.3 Å². The van der Waals surface area contributed by atoms with E-state index >= 15 is 0 Å². The van der Waals surface area contributed by atoms with E-state index < -0.39 is 21.4 Å². The summed E-state index contributed by atoms with van der Waals surface area (Å²) < 4.78 is 31.3. The Labute approximate surface area is 195 Å². The van der Waals surface area contributed by atoms with Crippen LogP contribution in [0.2, 0.25) is 0 Å². The lowest BCUT2D eigenvalue weighted by molar-refractivity contribution is 0.446. The minimum atomic E-state index is -3.75. The molecule has 170 valence electrons. The Morgan fingerprint density at radius 3 is 2.62 bits per heavy atom. The fraction of sp³-hybridized carbons (Fsp3) is 0.192. The Kier molecular flexibility index (Phi) is 5.42. The average Bonchev–Trinajstić information content (AvgIpc) is 3.67. The molecule has 0 amide bonds. The van der Waals surface area contributed by atoms with Crippen molar-refractivity contribution >= 4 is 20.8 Å². The molecule has 1 N–H and O–H groups in total. The summed E-state index contributed by atoms with van der Waals surface area (Å²) in [6.45, 7) is 0. The molecular formula is C26H20N2O5S. The number of aromatic hydroxyl groups is 1. The molecule has 0 bridgehead atoms. The minimum absolute atomic E-state index is 0.0939. The fourth-order valence-corrected chi connectivity index (χ4v) is 5.58. The second-order valence-electron chi connectivity index (χ2n) is 8.46. The molecule has 1 aliphatic rings. The van der Waals surface area contributed by atoms with Crippen molar-refractivity contribution in [2.45, 2.75) is 29.5 Å². The summed E-state index contributed by atoms with van der Waals surface area (Å²) >= 11 is 0. The van der Waals surface area contributed by atoms with E-state index in [4.69, 9.17) is 9.68 Å². The molecule has 1 aliphatic carbocycles. The van der Waals surface area contributed by atoms with Crippen molar-refractivity contribution in [2.75, 3.05) is 0 Å². The number of aromatic nitrogens is 1. The van der Waals surface area contributed by atoms with Gasteiger partial charge < -0.3 is 9.52 Å². The van der Waals surface area contributed by atoms with E-state index in [0.717, 1.165) is 18.4 Å². The van der Waals surface area contributed by atoms with E-state index in [-0.39, 0.29) is 33.6 Å². The third-order valence-corrected chi connectivity index (χ3v) is 7.67. The maximum absolute atomic E-state index is 12.9. The van der Waals surface area contributed by atoms with Gasteiger partial charge in [-0.05, 0) is 54.2 Å². The van der Waals surface area contributed by atoms with Crippen LogP contribution in [0.25, 0.3) is 11.0 Å². The molecule has 0 spiro atoms. The maximum Gasteiger partial charge on any atom is 0.343 e. The zero-order chi connectivity index (χ0) is 23.9. The number of hydrogen-bond donors (Lipinski definition) is 1. The molecule has 5 rings (SSSR count). The molecule has 7 nitrogen and oxygen atoms in total. The highest BCUT2D eigenvalue weighted by molar-refractivity contribution is 7.90. The molecule has 1 unspecified atom stereocenters. The highest BCUT2D eigenvalue weighted by Crippen LogP contribution is 2.48. The zero-order valence-corrected chi connectivity index (χ0v) is 18.8. The van der Waals surface area contributed by atoms with E-state index in [2.05, 4.69) is 4.98 Å². The number of fused-ring (bicyclic) bond motifs is 1. The molecule has 0 radical (unpaired) electrons. The lowest BCUT2D eigenvalue weighted by atomic mass is 9.86. The van der Waals surface area contributed by atoms with Crippen LogP contribution in [0.1, 0.15) is 41.0 Å². The predicted molar refractivity (Wildman–Crippen MR) is 125 cm³/mol. The van der Waals surface area contributed by atoms with Crippen LogP contribution in [0.15, 0.2) is 81.1 Å². The Morgan fingerprint density at radius 1 is 1.12 bits per heavy atom. The van der Waals surface area contributed by atoms with Crippen LogP contribution in [0, 0.1) is 17.2 Å². The van der Waals surface area contributed by atoms with Gasteiger partial charge in [0.25, 0.3) is 0 Å². The number of hydrogen-bond acceptors (Lipinski definition) is 7. The summed E-state index contributed by atoms with van der Waals surface area (Å²) in [5.41, 5.74) is 1.50. The largest absolute Gasteiger partial charge is 0.507 e. The highest BCUT2D eigenvalue weighted by atomic mass is 32.2. The standard InChI is InChI=1S/C26H20N2O5S/c27-13-17-8-11-22(28-14-17)34(31,32)15-16-4-3-5-19(12-16)23(18-9-10-18)24-25(29)20-6-1-2-7-21(20)33-26(24)30/h1-8,11-12,14,18,23,29H,9-10,15H2. The van der Waals surface area contributed by atoms with E-state index in [0.29, 0.717) is 16.5 Å². The van der Waals surface area contributed by atoms with Gasteiger partial charge in [-0.3, -0.25) is 0 Å². The lowest BCUT2D eigenvalue weighted by Gasteiger charge is -2.19. The van der Waals surface area contributed by atoms with Crippen LogP contribution in [0.5, 0.6) is 5.75 Å². The van der Waals surface area contributed by atoms with E-state index in [1.807, 2.05) is 12.1 Å². The third kappa shape index (κ3) is 4.06. The molecule has 2 heterocycles. The molecule has 1 fully saturated rings. The second-order valence-corrected chi connectivity index (χ2v) is 10.4. The van der Waals surface area contributed by atoms with Crippen molar-refractivity contribution in [1.82, 2.24) is 4.98 Å². The topological polar surface area (TPSA) is 121 Å². The van der Waals surface area contributed by atoms with Gasteiger partial charge in [0.15, 0.2) is 14.9 Å². The first-order chi connectivity index (χ1) is 16.4. The number of para-hydroxylation sites is 1. The predicted octanol–water partition coefficient (Wildman–Crippen LogP) is 4.28. The molecule has 0 saturated heterocycles. The molecule has 2 aromatic heterocycles. The summed E-state index contributed by atoms with van der Waals surface area (Å²) in [6.07, 6.45) is 3.02. The summed E-state index contributed by atoms with van der Waals surface area (Å²) in [4.78, 5) is 16.8. The molecule has 1 atom stereocenters. The van der Waals surface area contributed by atoms with Gasteiger partial charge in [-0.1, -0.05) is 36.4 Å². The first kappa shape index (κ1) is 21.9. The summed E-state index contributed by atoms with van der Waals surface area (Å²) in [5, 5.41) is 20.3. The normalized spacial score (nSPS) is 14.6. The van der Waals surface area contributed by atoms with Crippen molar-refractivity contribution in [3.63, 3.8) is 0 Å². The van der Waals surface area contributed by atoms with Gasteiger partial charge in [0.2, 0.25) is 0 Å². The monoisotopic (exact) mass is 472 g/mol. The first-order valence-corrected chi connectivity index (χ1v) is 12.4. The first-order valence-electron chi connectivity index (χ1n) is 10.8. The third-order valence-electron chi connectivity index (χ3n) is 6.08. The number of sulfone groups is 1. The van der Waals surface area contributed by atoms with Crippen molar-refractivity contribution in [1.29, 1.82) is 5.26 Å². The summed E-state index contributed by atoms with van der Waals surface area (Å²) in [5.74, 6) is -0.628. The lowest BCUT2D eigenvalue weighted by Crippen LogP contribution is -2.16. The molecular weight excluding hydrogens is 452 g/mol. The van der Waals surface area contributed by atoms with E-state index in [1.165, 1.54) is 18.3 Å². The van der Waals surface area contributed by atoms with Crippen molar-refractivity contribution < 1.29 is 17.9 Å². The Hall–Kier alpha value is -3.96. The van der Waals surface area contributed by atoms with Crippen LogP contribution in [-0.4, -0.2) is 18.5 Å². The van der Waals surface area contributed by atoms with Gasteiger partial charge in [-0.2, -0.15) is 5.26 Å². The number of rotatable bonds is 6. The van der Waals surface area contributed by atoms with Crippen molar-refractivity contribution in [2.24, 2.45) is 5.92 Å². The maximum atomic E-state index is 12.9. The van der Waals surface area contributed by atoms with Crippen LogP contribution in [-0.2, 0) is 15.6 Å². The summed E-state index contributed by atoms with van der Waals surface area (Å²) in [6, 6.07) is 18.5. The molecule has 34 heavy (non-hydrogen) atoms. The average molecular weight is 473 g/mol. The number of pyridine rings is 1. The Morgan fingerprint density at radius 2 is 1.91 bits per heavy atom. The van der Waals surface area contributed by atoms with Gasteiger partial charge in [0, 0.05) is 12.1 Å². The van der Waals surface area contributed by atoms with Crippen LogP contribution < -0.4 is 5.63 Å². The SMILES string of the molecule is N#Cc1ccc(S(=O)(=O)Cc2cccc(C(c3c(O)c4ccccc4oc3=O)C3CC3)c2)nc1. The molecule has 0 aliphatic heterocycles. The summed E-state index contributed by atoms with van der Waals surface area (Å²) in [7, 11) is -3.75. The molecule has 2 aromatic carbocycles. The smallest absolute Gasteiger partial charge is 0.343 e. The number of nitriles is 1. The van der Waals surface area contributed by atoms with Crippen LogP contribution in [0.3, 0.4) is 0 Å². The fourth-order valence-electron chi connectivity index (χ4n) is 4.33. The number of benzene rings is 2. The van der Waals surface area contributed by atoms with Crippen molar-refractivity contribution in [3.05, 3.63) is 99.5 Å². The highest BCUT2D eigenvalue weighted by Gasteiger charge is 2.38. The van der Waals surface area contributed by atoms with Gasteiger partial charge >= 0.3 is 5.63 Å². The van der Waals surface area contributed by atoms with Gasteiger partial charge in [0.1, 0.15) is 17.4 Å². The van der Waals surface area contributed by atoms with Crippen molar-refractivity contribution in [3.8, 4) is 11.8 Å². The molecule has 8 heteroatoms. The Balaban J connectivity index is 1.54. The number of nitrogens with zero attached hydrogens (tertiary/aromatic N) is 2. The van der Waals surface area contributed by atoms with Gasteiger partial charge in [0.05, 0.1) is 22.3 Å². The van der Waals surface area contributed by atoms with Gasteiger partial charge in [-0.25, -0.2) is 18.2 Å². The quantitative estimate of drug-likeness (QED) is 0.416. The van der Waals surface area contributed by atoms with Crippen LogP contribution >= 0.6 is 0 Å². The van der Waals surface area contributed by atoms with E-state index in [1.54, 1.807) is 42.5 Å².